The second kappa shape index (κ2) is 8.81. The van der Waals surface area contributed by atoms with E-state index in [-0.39, 0.29) is 16.7 Å². The van der Waals surface area contributed by atoms with Gasteiger partial charge in [0.1, 0.15) is 15.7 Å². The number of amides is 1. The average Bonchev–Trinajstić information content (AvgIpc) is 3.15. The van der Waals surface area contributed by atoms with Crippen molar-refractivity contribution >= 4 is 48.9 Å². The first-order valence-electron chi connectivity index (χ1n) is 8.63. The summed E-state index contributed by atoms with van der Waals surface area (Å²) < 4.78 is 38.6. The highest BCUT2D eigenvalue weighted by molar-refractivity contribution is 9.11. The first kappa shape index (κ1) is 21.1. The monoisotopic (exact) mass is 488 g/mol. The third-order valence-electron chi connectivity index (χ3n) is 4.56. The number of ether oxygens (including phenoxy) is 2. The maximum atomic E-state index is 12.9. The summed E-state index contributed by atoms with van der Waals surface area (Å²) in [6, 6.07) is 8.41. The molecule has 2 aromatic rings. The lowest BCUT2D eigenvalue weighted by Crippen LogP contribution is -2.43. The summed E-state index contributed by atoms with van der Waals surface area (Å²) >= 11 is 4.46. The molecular weight excluding hydrogens is 468 g/mol. The lowest BCUT2D eigenvalue weighted by Gasteiger charge is -2.30. The van der Waals surface area contributed by atoms with E-state index < -0.39 is 15.9 Å². The molecule has 1 fully saturated rings. The molecule has 2 heterocycles. The molecule has 3 rings (SSSR count). The zero-order valence-electron chi connectivity index (χ0n) is 15.5. The minimum atomic E-state index is -3.61. The first-order valence-corrected chi connectivity index (χ1v) is 11.7. The van der Waals surface area contributed by atoms with Crippen LogP contribution in [0.1, 0.15) is 12.8 Å². The number of hydrogen-bond donors (Lipinski definition) is 1. The number of nitrogens with one attached hydrogen (secondary N) is 1. The summed E-state index contributed by atoms with van der Waals surface area (Å²) in [5.41, 5.74) is 0.494. The van der Waals surface area contributed by atoms with E-state index in [0.717, 1.165) is 3.79 Å². The van der Waals surface area contributed by atoms with Gasteiger partial charge in [0.25, 0.3) is 10.0 Å². The van der Waals surface area contributed by atoms with Gasteiger partial charge in [-0.2, -0.15) is 4.31 Å². The summed E-state index contributed by atoms with van der Waals surface area (Å²) in [6.07, 6.45) is 1.25. The van der Waals surface area contributed by atoms with Gasteiger partial charge in [-0.15, -0.1) is 11.3 Å². The van der Waals surface area contributed by atoms with Crippen molar-refractivity contribution in [1.82, 2.24) is 4.31 Å². The number of anilines is 1. The predicted molar refractivity (Wildman–Crippen MR) is 112 cm³/mol. The molecule has 0 bridgehead atoms. The fraction of sp³-hybridized carbons (Fsp3) is 0.389. The highest BCUT2D eigenvalue weighted by Gasteiger charge is 2.34. The maximum Gasteiger partial charge on any atom is 0.252 e. The van der Waals surface area contributed by atoms with Crippen molar-refractivity contribution in [2.75, 3.05) is 32.6 Å². The largest absolute Gasteiger partial charge is 0.497 e. The molecule has 1 aromatic carbocycles. The first-order chi connectivity index (χ1) is 13.3. The normalized spacial score (nSPS) is 17.9. The Morgan fingerprint density at radius 1 is 1.25 bits per heavy atom. The third-order valence-corrected chi connectivity index (χ3v) is 8.52. The number of halogens is 1. The van der Waals surface area contributed by atoms with E-state index in [1.165, 1.54) is 22.8 Å². The number of methoxy groups -OCH3 is 2. The molecular formula is C18H21BrN2O5S2. The molecule has 0 saturated carbocycles. The molecule has 1 aromatic heterocycles. The molecule has 0 aliphatic carbocycles. The van der Waals surface area contributed by atoms with Crippen molar-refractivity contribution in [1.29, 1.82) is 0 Å². The van der Waals surface area contributed by atoms with Gasteiger partial charge in [0.2, 0.25) is 5.91 Å². The number of rotatable bonds is 6. The SMILES string of the molecule is COc1ccc(OC)c(NC(=O)C2CCCN(S(=O)(=O)c3ccc(Br)s3)C2)c1. The van der Waals surface area contributed by atoms with Crippen LogP contribution in [-0.4, -0.2) is 45.9 Å². The van der Waals surface area contributed by atoms with E-state index in [1.54, 1.807) is 37.4 Å². The molecule has 1 atom stereocenters. The molecule has 28 heavy (non-hydrogen) atoms. The number of carbonyl (C=O) groups is 1. The standard InChI is InChI=1S/C18H21BrN2O5S2/c1-25-13-5-6-15(26-2)14(10-13)20-18(22)12-4-3-9-21(11-12)28(23,24)17-8-7-16(19)27-17/h5-8,10,12H,3-4,9,11H2,1-2H3,(H,20,22). The molecule has 0 spiro atoms. The van der Waals surface area contributed by atoms with Crippen LogP contribution >= 0.6 is 27.3 Å². The summed E-state index contributed by atoms with van der Waals surface area (Å²) in [5.74, 6) is 0.423. The van der Waals surface area contributed by atoms with Gasteiger partial charge in [-0.1, -0.05) is 0 Å². The van der Waals surface area contributed by atoms with Crippen molar-refractivity contribution in [2.24, 2.45) is 5.92 Å². The molecule has 152 valence electrons. The van der Waals surface area contributed by atoms with Gasteiger partial charge in [-0.05, 0) is 53.0 Å². The van der Waals surface area contributed by atoms with Crippen LogP contribution in [0.2, 0.25) is 0 Å². The van der Waals surface area contributed by atoms with Crippen LogP contribution in [0.3, 0.4) is 0 Å². The van der Waals surface area contributed by atoms with E-state index >= 15 is 0 Å². The van der Waals surface area contributed by atoms with Crippen molar-refractivity contribution < 1.29 is 22.7 Å². The number of piperidine rings is 1. The van der Waals surface area contributed by atoms with E-state index in [4.69, 9.17) is 9.47 Å². The second-order valence-corrected chi connectivity index (χ2v) is 10.9. The predicted octanol–water partition coefficient (Wildman–Crippen LogP) is 3.57. The number of sulfonamides is 1. The number of thiophene rings is 1. The van der Waals surface area contributed by atoms with Crippen LogP contribution < -0.4 is 14.8 Å². The third kappa shape index (κ3) is 4.51. The second-order valence-electron chi connectivity index (χ2n) is 6.32. The van der Waals surface area contributed by atoms with E-state index in [9.17, 15) is 13.2 Å². The fourth-order valence-corrected chi connectivity index (χ4v) is 6.77. The fourth-order valence-electron chi connectivity index (χ4n) is 3.08. The quantitative estimate of drug-likeness (QED) is 0.671. The van der Waals surface area contributed by atoms with Gasteiger partial charge < -0.3 is 14.8 Å². The number of benzene rings is 1. The van der Waals surface area contributed by atoms with Crippen molar-refractivity contribution in [2.45, 2.75) is 17.1 Å². The summed E-state index contributed by atoms with van der Waals surface area (Å²) in [4.78, 5) is 12.8. The van der Waals surface area contributed by atoms with Crippen LogP contribution in [-0.2, 0) is 14.8 Å². The van der Waals surface area contributed by atoms with Gasteiger partial charge in [0, 0.05) is 19.2 Å². The molecule has 1 aliphatic heterocycles. The van der Waals surface area contributed by atoms with E-state index in [1.807, 2.05) is 0 Å². The Morgan fingerprint density at radius 2 is 2.04 bits per heavy atom. The Bertz CT molecular complexity index is 961. The van der Waals surface area contributed by atoms with Crippen molar-refractivity contribution in [3.05, 3.63) is 34.1 Å². The Balaban J connectivity index is 1.75. The highest BCUT2D eigenvalue weighted by atomic mass is 79.9. The van der Waals surface area contributed by atoms with Gasteiger partial charge in [0.15, 0.2) is 0 Å². The zero-order chi connectivity index (χ0) is 20.3. The summed E-state index contributed by atoms with van der Waals surface area (Å²) in [6.45, 7) is 0.556. The minimum Gasteiger partial charge on any atom is -0.497 e. The van der Waals surface area contributed by atoms with Gasteiger partial charge in [0.05, 0.1) is 29.6 Å². The Labute approximate surface area is 176 Å². The summed E-state index contributed by atoms with van der Waals surface area (Å²) in [7, 11) is -0.546. The lowest BCUT2D eigenvalue weighted by atomic mass is 9.98. The van der Waals surface area contributed by atoms with Crippen molar-refractivity contribution in [3.63, 3.8) is 0 Å². The Hall–Kier alpha value is -1.62. The number of carbonyl (C=O) groups excluding carboxylic acids is 1. The Kier molecular flexibility index (Phi) is 6.64. The highest BCUT2D eigenvalue weighted by Crippen LogP contribution is 2.32. The molecule has 1 amide bonds. The topological polar surface area (TPSA) is 84.9 Å². The molecule has 1 N–H and O–H groups in total. The van der Waals surface area contributed by atoms with Crippen LogP contribution in [0, 0.1) is 5.92 Å². The molecule has 1 unspecified atom stereocenters. The molecule has 7 nitrogen and oxygen atoms in total. The van der Waals surface area contributed by atoms with E-state index in [0.29, 0.717) is 36.6 Å². The van der Waals surface area contributed by atoms with Gasteiger partial charge in [-0.25, -0.2) is 8.42 Å². The molecule has 0 radical (unpaired) electrons. The van der Waals surface area contributed by atoms with Crippen molar-refractivity contribution in [3.8, 4) is 11.5 Å². The minimum absolute atomic E-state index is 0.149. The van der Waals surface area contributed by atoms with Crippen LogP contribution in [0.4, 0.5) is 5.69 Å². The average molecular weight is 489 g/mol. The summed E-state index contributed by atoms with van der Waals surface area (Å²) in [5, 5.41) is 2.85. The van der Waals surface area contributed by atoms with Gasteiger partial charge >= 0.3 is 0 Å². The van der Waals surface area contributed by atoms with E-state index in [2.05, 4.69) is 21.2 Å². The van der Waals surface area contributed by atoms with Crippen LogP contribution in [0.5, 0.6) is 11.5 Å². The molecule has 10 heteroatoms. The zero-order valence-corrected chi connectivity index (χ0v) is 18.7. The maximum absolute atomic E-state index is 12.9. The Morgan fingerprint density at radius 3 is 2.68 bits per heavy atom. The lowest BCUT2D eigenvalue weighted by molar-refractivity contribution is -0.120. The van der Waals surface area contributed by atoms with Gasteiger partial charge in [-0.3, -0.25) is 4.79 Å². The number of hydrogen-bond acceptors (Lipinski definition) is 6. The smallest absolute Gasteiger partial charge is 0.252 e. The van der Waals surface area contributed by atoms with Crippen LogP contribution in [0.15, 0.2) is 38.3 Å². The molecule has 1 saturated heterocycles. The van der Waals surface area contributed by atoms with Crippen LogP contribution in [0.25, 0.3) is 0 Å². The number of nitrogens with zero attached hydrogens (tertiary/aromatic N) is 1. The molecule has 1 aliphatic rings.